The van der Waals surface area contributed by atoms with E-state index in [2.05, 4.69) is 15.1 Å². The molecule has 1 fully saturated rings. The van der Waals surface area contributed by atoms with E-state index in [0.29, 0.717) is 44.2 Å². The van der Waals surface area contributed by atoms with Gasteiger partial charge in [-0.3, -0.25) is 4.90 Å². The van der Waals surface area contributed by atoms with E-state index in [0.717, 1.165) is 56.6 Å². The van der Waals surface area contributed by atoms with Crippen LogP contribution in [0.25, 0.3) is 0 Å². The lowest BCUT2D eigenvalue weighted by atomic mass is 10.1. The zero-order chi connectivity index (χ0) is 35.3. The van der Waals surface area contributed by atoms with Gasteiger partial charge >= 0.3 is 18.3 Å². The van der Waals surface area contributed by atoms with E-state index in [1.54, 1.807) is 37.4 Å². The molecule has 3 aromatic rings. The number of hydrogen-bond donors (Lipinski definition) is 1. The first-order valence-corrected chi connectivity index (χ1v) is 17.6. The van der Waals surface area contributed by atoms with Gasteiger partial charge in [-0.1, -0.05) is 23.9 Å². The fourth-order valence-electron chi connectivity index (χ4n) is 5.47. The molecule has 2 atom stereocenters. The number of rotatable bonds is 11. The Morgan fingerprint density at radius 2 is 1.55 bits per heavy atom. The summed E-state index contributed by atoms with van der Waals surface area (Å²) >= 11 is 3.20. The van der Waals surface area contributed by atoms with Crippen molar-refractivity contribution in [3.8, 4) is 5.75 Å². The van der Waals surface area contributed by atoms with Gasteiger partial charge in [-0.2, -0.15) is 26.3 Å². The van der Waals surface area contributed by atoms with Crippen LogP contribution in [0, 0.1) is 6.92 Å². The Morgan fingerprint density at radius 1 is 0.939 bits per heavy atom. The number of benzene rings is 3. The Balaban J connectivity index is 1.26. The van der Waals surface area contributed by atoms with Gasteiger partial charge in [-0.25, -0.2) is 4.79 Å². The van der Waals surface area contributed by atoms with Crippen LogP contribution >= 0.6 is 23.5 Å². The van der Waals surface area contributed by atoms with Gasteiger partial charge in [0.2, 0.25) is 0 Å². The average Bonchev–Trinajstić information content (AvgIpc) is 3.47. The summed E-state index contributed by atoms with van der Waals surface area (Å²) in [6.07, 6.45) is -9.55. The van der Waals surface area contributed by atoms with E-state index >= 15 is 0 Å². The van der Waals surface area contributed by atoms with Gasteiger partial charge in [0.25, 0.3) is 0 Å². The smallest absolute Gasteiger partial charge is 0.416 e. The Bertz CT molecular complexity index is 1620. The van der Waals surface area contributed by atoms with Gasteiger partial charge in [0, 0.05) is 59.7 Å². The van der Waals surface area contributed by atoms with Crippen LogP contribution in [0.15, 0.2) is 82.2 Å². The Morgan fingerprint density at radius 3 is 2.12 bits per heavy atom. The Kier molecular flexibility index (Phi) is 11.7. The lowest BCUT2D eigenvalue weighted by Crippen LogP contribution is -2.47. The van der Waals surface area contributed by atoms with E-state index in [4.69, 9.17) is 9.47 Å². The maximum absolute atomic E-state index is 13.2. The van der Waals surface area contributed by atoms with Crippen LogP contribution in [0.1, 0.15) is 41.5 Å². The van der Waals surface area contributed by atoms with Crippen LogP contribution in [-0.4, -0.2) is 62.1 Å². The lowest BCUT2D eigenvalue weighted by molar-refractivity contribution is -0.150. The second-order valence-electron chi connectivity index (χ2n) is 11.7. The van der Waals surface area contributed by atoms with E-state index in [1.165, 1.54) is 24.3 Å². The summed E-state index contributed by atoms with van der Waals surface area (Å²) in [7, 11) is 0. The fraction of sp³-hybridized carbons (Fsp3) is 0.400. The summed E-state index contributed by atoms with van der Waals surface area (Å²) in [5, 5.41) is 3.29. The molecule has 5 rings (SSSR count). The van der Waals surface area contributed by atoms with Gasteiger partial charge < -0.3 is 19.7 Å². The minimum absolute atomic E-state index is 0.261. The summed E-state index contributed by atoms with van der Waals surface area (Å²) in [5.74, 6) is 0.767. The summed E-state index contributed by atoms with van der Waals surface area (Å²) in [4.78, 5) is 18.4. The molecule has 1 saturated heterocycles. The standard InChI is InChI=1S/C35H37F6N3O3S2/c1-4-46-33(45)23(3)47-30-14-13-28(19-22(30)2)48-21-31-29(42-32(49-31)24-5-7-25(8-6-24)34(36,37)38)20-43-15-17-44(18-16-43)27-11-9-26(10-12-27)35(39,40)41/h5-14,19,23,32,42H,4,15-18,20-21H2,1-3H3. The number of carbonyl (C=O) groups excluding carboxylic acids is 1. The minimum atomic E-state index is -4.42. The predicted octanol–water partition coefficient (Wildman–Crippen LogP) is 8.52. The molecule has 6 nitrogen and oxygen atoms in total. The van der Waals surface area contributed by atoms with E-state index in [9.17, 15) is 31.1 Å². The predicted molar refractivity (Wildman–Crippen MR) is 181 cm³/mol. The largest absolute Gasteiger partial charge is 0.479 e. The second-order valence-corrected chi connectivity index (χ2v) is 13.9. The molecule has 0 radical (unpaired) electrons. The monoisotopic (exact) mass is 725 g/mol. The molecule has 0 aliphatic carbocycles. The van der Waals surface area contributed by atoms with Crippen LogP contribution in [0.4, 0.5) is 32.0 Å². The number of carbonyl (C=O) groups is 1. The van der Waals surface area contributed by atoms with Crippen LogP contribution in [0.3, 0.4) is 0 Å². The highest BCUT2D eigenvalue weighted by molar-refractivity contribution is 8.06. The highest BCUT2D eigenvalue weighted by Crippen LogP contribution is 2.44. The van der Waals surface area contributed by atoms with Crippen molar-refractivity contribution in [2.45, 2.75) is 49.5 Å². The molecule has 0 amide bonds. The quantitative estimate of drug-likeness (QED) is 0.120. The molecule has 1 N–H and O–H groups in total. The number of aryl methyl sites for hydroxylation is 1. The summed E-state index contributed by atoms with van der Waals surface area (Å²) in [6.45, 7) is 8.79. The topological polar surface area (TPSA) is 54.0 Å². The number of alkyl halides is 6. The van der Waals surface area contributed by atoms with E-state index in [-0.39, 0.29) is 12.0 Å². The molecule has 2 aliphatic heterocycles. The fourth-order valence-corrected chi connectivity index (χ4v) is 7.86. The number of halogens is 6. The number of hydrogen-bond acceptors (Lipinski definition) is 8. The molecule has 264 valence electrons. The summed E-state index contributed by atoms with van der Waals surface area (Å²) < 4.78 is 89.5. The van der Waals surface area contributed by atoms with Crippen LogP contribution in [0.2, 0.25) is 0 Å². The molecule has 3 aromatic carbocycles. The van der Waals surface area contributed by atoms with Gasteiger partial charge in [-0.05, 0) is 86.5 Å². The van der Waals surface area contributed by atoms with Gasteiger partial charge in [0.15, 0.2) is 6.10 Å². The van der Waals surface area contributed by atoms with Crippen molar-refractivity contribution >= 4 is 35.2 Å². The number of nitrogens with zero attached hydrogens (tertiary/aromatic N) is 2. The number of ether oxygens (including phenoxy) is 2. The van der Waals surface area contributed by atoms with Gasteiger partial charge in [0.1, 0.15) is 11.1 Å². The molecule has 2 aliphatic rings. The van der Waals surface area contributed by atoms with Crippen LogP contribution in [-0.2, 0) is 21.9 Å². The molecule has 2 heterocycles. The maximum Gasteiger partial charge on any atom is 0.416 e. The van der Waals surface area contributed by atoms with Crippen molar-refractivity contribution in [1.29, 1.82) is 0 Å². The Hall–Kier alpha value is -3.49. The second kappa shape index (κ2) is 15.6. The molecule has 0 bridgehead atoms. The van der Waals surface area contributed by atoms with Crippen LogP contribution < -0.4 is 15.0 Å². The third-order valence-corrected chi connectivity index (χ3v) is 10.7. The molecule has 0 spiro atoms. The van der Waals surface area contributed by atoms with Gasteiger partial charge in [-0.15, -0.1) is 11.8 Å². The normalized spacial score (nSPS) is 18.0. The highest BCUT2D eigenvalue weighted by atomic mass is 32.2. The first-order chi connectivity index (χ1) is 23.2. The van der Waals surface area contributed by atoms with Crippen molar-refractivity contribution in [3.05, 3.63) is 99.6 Å². The summed E-state index contributed by atoms with van der Waals surface area (Å²) in [6, 6.07) is 16.1. The Labute approximate surface area is 290 Å². The van der Waals surface area contributed by atoms with Crippen molar-refractivity contribution in [2.24, 2.45) is 0 Å². The maximum atomic E-state index is 13.2. The first kappa shape index (κ1) is 36.8. The SMILES string of the molecule is CCOC(=O)C(C)Oc1ccc(SCC2=C(CN3CCN(c4ccc(C(F)(F)F)cc4)CC3)NC(c3ccc(C(F)(F)F)cc3)S2)cc1C. The van der Waals surface area contributed by atoms with Crippen molar-refractivity contribution in [1.82, 2.24) is 10.2 Å². The number of nitrogens with one attached hydrogen (secondary N) is 1. The number of esters is 1. The minimum Gasteiger partial charge on any atom is -0.479 e. The van der Waals surface area contributed by atoms with E-state index in [1.807, 2.05) is 25.1 Å². The van der Waals surface area contributed by atoms with Crippen molar-refractivity contribution in [2.75, 3.05) is 50.0 Å². The van der Waals surface area contributed by atoms with E-state index < -0.39 is 35.6 Å². The molecule has 2 unspecified atom stereocenters. The van der Waals surface area contributed by atoms with Crippen LogP contribution in [0.5, 0.6) is 5.75 Å². The summed E-state index contributed by atoms with van der Waals surface area (Å²) in [5.41, 5.74) is 1.95. The molecule has 0 saturated carbocycles. The van der Waals surface area contributed by atoms with Gasteiger partial charge in [0.05, 0.1) is 17.7 Å². The number of thioether (sulfide) groups is 2. The third-order valence-electron chi connectivity index (χ3n) is 8.20. The number of anilines is 1. The molecule has 0 aromatic heterocycles. The average molecular weight is 726 g/mol. The van der Waals surface area contributed by atoms with Crippen molar-refractivity contribution in [3.63, 3.8) is 0 Å². The molecular formula is C35H37F6N3O3S2. The molecule has 49 heavy (non-hydrogen) atoms. The molecule has 14 heteroatoms. The highest BCUT2D eigenvalue weighted by Gasteiger charge is 2.33. The molecular weight excluding hydrogens is 689 g/mol. The third kappa shape index (κ3) is 9.61. The van der Waals surface area contributed by atoms with Crippen molar-refractivity contribution < 1.29 is 40.6 Å². The number of piperazine rings is 1. The zero-order valence-electron chi connectivity index (χ0n) is 27.2. The zero-order valence-corrected chi connectivity index (χ0v) is 28.8. The lowest BCUT2D eigenvalue weighted by Gasteiger charge is -2.36. The first-order valence-electron chi connectivity index (χ1n) is 15.7.